The summed E-state index contributed by atoms with van der Waals surface area (Å²) in [7, 11) is -1.75. The Kier molecular flexibility index (Phi) is 6.07. The maximum absolute atomic E-state index is 11.9. The molecule has 1 fully saturated rings. The highest BCUT2D eigenvalue weighted by Gasteiger charge is 2.39. The average Bonchev–Trinajstić information content (AvgIpc) is 2.34. The lowest BCUT2D eigenvalue weighted by molar-refractivity contribution is 0.0266. The fraction of sp³-hybridized carbons (Fsp3) is 0.933. The zero-order valence-corrected chi connectivity index (χ0v) is 15.0. The lowest BCUT2D eigenvalue weighted by Crippen LogP contribution is -2.51. The monoisotopic (exact) mass is 301 g/mol. The second kappa shape index (κ2) is 6.94. The van der Waals surface area contributed by atoms with Gasteiger partial charge in [-0.05, 0) is 24.6 Å². The Balaban J connectivity index is 2.61. The summed E-state index contributed by atoms with van der Waals surface area (Å²) in [6.45, 7) is 15.3. The molecular formula is C15H31NO3Si. The number of amides is 1. The second-order valence-corrected chi connectivity index (χ2v) is 12.0. The third kappa shape index (κ3) is 4.48. The molecule has 0 N–H and O–H groups in total. The molecule has 1 rings (SSSR count). The van der Waals surface area contributed by atoms with Crippen LogP contribution in [0.1, 0.15) is 47.0 Å². The minimum Gasteiger partial charge on any atom is -0.449 e. The molecule has 4 nitrogen and oxygen atoms in total. The quantitative estimate of drug-likeness (QED) is 0.696. The highest BCUT2D eigenvalue weighted by molar-refractivity contribution is 6.74. The normalized spacial score (nSPS) is 21.0. The van der Waals surface area contributed by atoms with E-state index >= 15 is 0 Å². The van der Waals surface area contributed by atoms with Crippen molar-refractivity contribution < 1.29 is 14.0 Å². The van der Waals surface area contributed by atoms with Crippen LogP contribution in [0, 0.1) is 0 Å². The maximum Gasteiger partial charge on any atom is 0.410 e. The van der Waals surface area contributed by atoms with Crippen molar-refractivity contribution in [2.75, 3.05) is 19.8 Å². The van der Waals surface area contributed by atoms with E-state index in [4.69, 9.17) is 9.16 Å². The van der Waals surface area contributed by atoms with Crippen LogP contribution in [-0.4, -0.2) is 45.1 Å². The zero-order chi connectivity index (χ0) is 15.4. The highest BCUT2D eigenvalue weighted by Crippen LogP contribution is 2.36. The molecule has 1 atom stereocenters. The molecule has 1 aliphatic heterocycles. The van der Waals surface area contributed by atoms with Gasteiger partial charge in [-0.3, -0.25) is 0 Å². The van der Waals surface area contributed by atoms with Crippen molar-refractivity contribution >= 4 is 14.4 Å². The Labute approximate surface area is 124 Å². The summed E-state index contributed by atoms with van der Waals surface area (Å²) in [4.78, 5) is 13.8. The van der Waals surface area contributed by atoms with Gasteiger partial charge >= 0.3 is 6.09 Å². The Hall–Kier alpha value is -0.553. The summed E-state index contributed by atoms with van der Waals surface area (Å²) in [6.07, 6.45) is 2.81. The van der Waals surface area contributed by atoms with Gasteiger partial charge in [-0.2, -0.15) is 0 Å². The third-order valence-corrected chi connectivity index (χ3v) is 9.05. The topological polar surface area (TPSA) is 38.8 Å². The predicted octanol–water partition coefficient (Wildman–Crippen LogP) is 4.02. The van der Waals surface area contributed by atoms with Gasteiger partial charge in [0.15, 0.2) is 8.32 Å². The van der Waals surface area contributed by atoms with Crippen molar-refractivity contribution in [2.24, 2.45) is 0 Å². The lowest BCUT2D eigenvalue weighted by atomic mass is 10.1. The Morgan fingerprint density at radius 2 is 2.05 bits per heavy atom. The maximum atomic E-state index is 11.9. The molecule has 0 aromatic heterocycles. The van der Waals surface area contributed by atoms with Crippen LogP contribution in [0.25, 0.3) is 0 Å². The van der Waals surface area contributed by atoms with Crippen LogP contribution in [0.4, 0.5) is 4.79 Å². The van der Waals surface area contributed by atoms with E-state index in [1.165, 1.54) is 0 Å². The molecule has 0 bridgehead atoms. The molecule has 20 heavy (non-hydrogen) atoms. The molecule has 1 heterocycles. The molecular weight excluding hydrogens is 270 g/mol. The van der Waals surface area contributed by atoms with Crippen LogP contribution >= 0.6 is 0 Å². The van der Waals surface area contributed by atoms with Crippen molar-refractivity contribution in [3.63, 3.8) is 0 Å². The van der Waals surface area contributed by atoms with E-state index in [1.807, 2.05) is 4.90 Å². The molecule has 118 valence electrons. The molecule has 1 saturated heterocycles. The van der Waals surface area contributed by atoms with Gasteiger partial charge < -0.3 is 14.1 Å². The number of unbranched alkanes of at least 4 members (excludes halogenated alkanes) is 1. The van der Waals surface area contributed by atoms with Crippen LogP contribution in [0.2, 0.25) is 18.1 Å². The minimum absolute atomic E-state index is 0.173. The highest BCUT2D eigenvalue weighted by atomic mass is 28.4. The van der Waals surface area contributed by atoms with E-state index in [0.717, 1.165) is 25.8 Å². The van der Waals surface area contributed by atoms with E-state index in [9.17, 15) is 4.79 Å². The van der Waals surface area contributed by atoms with Crippen molar-refractivity contribution in [2.45, 2.75) is 71.1 Å². The van der Waals surface area contributed by atoms with Crippen LogP contribution in [0.5, 0.6) is 0 Å². The zero-order valence-electron chi connectivity index (χ0n) is 14.0. The Bertz CT molecular complexity index is 326. The molecule has 0 aromatic carbocycles. The Morgan fingerprint density at radius 1 is 1.40 bits per heavy atom. The van der Waals surface area contributed by atoms with E-state index in [-0.39, 0.29) is 17.2 Å². The fourth-order valence-electron chi connectivity index (χ4n) is 1.97. The summed E-state index contributed by atoms with van der Waals surface area (Å²) in [6, 6.07) is 0.178. The van der Waals surface area contributed by atoms with Gasteiger partial charge in [-0.25, -0.2) is 4.79 Å². The van der Waals surface area contributed by atoms with Crippen molar-refractivity contribution in [3.05, 3.63) is 0 Å². The van der Waals surface area contributed by atoms with Crippen molar-refractivity contribution in [1.29, 1.82) is 0 Å². The van der Waals surface area contributed by atoms with Gasteiger partial charge in [0.2, 0.25) is 0 Å². The van der Waals surface area contributed by atoms with Gasteiger partial charge in [0.1, 0.15) is 0 Å². The predicted molar refractivity (Wildman–Crippen MR) is 84.5 cm³/mol. The fourth-order valence-corrected chi connectivity index (χ4v) is 3.01. The van der Waals surface area contributed by atoms with Gasteiger partial charge in [0, 0.05) is 13.0 Å². The number of hydrogen-bond acceptors (Lipinski definition) is 3. The molecule has 1 amide bonds. The summed E-state index contributed by atoms with van der Waals surface area (Å²) >= 11 is 0. The van der Waals surface area contributed by atoms with Crippen molar-refractivity contribution in [3.8, 4) is 0 Å². The van der Waals surface area contributed by atoms with Gasteiger partial charge in [-0.15, -0.1) is 0 Å². The summed E-state index contributed by atoms with van der Waals surface area (Å²) < 4.78 is 11.4. The largest absolute Gasteiger partial charge is 0.449 e. The SMILES string of the molecule is CCCCN1C(=O)OCC[C@@H]1CO[Si](C)(C)C(C)(C)C. The summed E-state index contributed by atoms with van der Waals surface area (Å²) in [5, 5.41) is 0.205. The number of carbonyl (C=O) groups is 1. The number of rotatable bonds is 6. The van der Waals surface area contributed by atoms with Crippen LogP contribution < -0.4 is 0 Å². The van der Waals surface area contributed by atoms with Crippen LogP contribution in [-0.2, 0) is 9.16 Å². The van der Waals surface area contributed by atoms with Crippen LogP contribution in [0.3, 0.4) is 0 Å². The lowest BCUT2D eigenvalue weighted by Gasteiger charge is -2.40. The average molecular weight is 302 g/mol. The summed E-state index contributed by atoms with van der Waals surface area (Å²) in [5.74, 6) is 0. The first-order chi connectivity index (χ1) is 9.19. The molecule has 0 radical (unpaired) electrons. The number of carbonyl (C=O) groups excluding carboxylic acids is 1. The summed E-state index contributed by atoms with van der Waals surface area (Å²) in [5.41, 5.74) is 0. The molecule has 0 aromatic rings. The van der Waals surface area contributed by atoms with E-state index < -0.39 is 8.32 Å². The number of ether oxygens (including phenoxy) is 1. The molecule has 0 aliphatic carbocycles. The molecule has 0 unspecified atom stereocenters. The van der Waals surface area contributed by atoms with E-state index in [1.54, 1.807) is 0 Å². The third-order valence-electron chi connectivity index (χ3n) is 4.55. The molecule has 1 aliphatic rings. The first-order valence-electron chi connectivity index (χ1n) is 7.76. The molecule has 0 saturated carbocycles. The number of hydrogen-bond donors (Lipinski definition) is 0. The van der Waals surface area contributed by atoms with Crippen LogP contribution in [0.15, 0.2) is 0 Å². The van der Waals surface area contributed by atoms with E-state index in [2.05, 4.69) is 40.8 Å². The first kappa shape index (κ1) is 17.5. The Morgan fingerprint density at radius 3 is 2.60 bits per heavy atom. The number of cyclic esters (lactones) is 1. The number of nitrogens with zero attached hydrogens (tertiary/aromatic N) is 1. The van der Waals surface area contributed by atoms with Crippen molar-refractivity contribution in [1.82, 2.24) is 4.90 Å². The van der Waals surface area contributed by atoms with Gasteiger partial charge in [-0.1, -0.05) is 34.1 Å². The smallest absolute Gasteiger partial charge is 0.410 e. The standard InChI is InChI=1S/C15H31NO3Si/c1-7-8-10-16-13(9-11-18-14(16)17)12-19-20(5,6)15(2,3)4/h13H,7-12H2,1-6H3/t13-/m1/s1. The molecule has 0 spiro atoms. The minimum atomic E-state index is -1.75. The molecule has 5 heteroatoms. The van der Waals surface area contributed by atoms with E-state index in [0.29, 0.717) is 13.2 Å². The second-order valence-electron chi connectivity index (χ2n) is 7.18. The first-order valence-corrected chi connectivity index (χ1v) is 10.7. The van der Waals surface area contributed by atoms with Gasteiger partial charge in [0.25, 0.3) is 0 Å². The van der Waals surface area contributed by atoms with Gasteiger partial charge in [0.05, 0.1) is 19.3 Å².